The molecule has 2 amide bonds. The van der Waals surface area contributed by atoms with Gasteiger partial charge in [-0.15, -0.1) is 6.42 Å². The summed E-state index contributed by atoms with van der Waals surface area (Å²) in [7, 11) is 0. The van der Waals surface area contributed by atoms with Crippen LogP contribution in [0.25, 0.3) is 0 Å². The molecule has 0 bridgehead atoms. The molecule has 1 rings (SSSR count). The average Bonchev–Trinajstić information content (AvgIpc) is 2.34. The van der Waals surface area contributed by atoms with Crippen LogP contribution in [0.15, 0.2) is 0 Å². The van der Waals surface area contributed by atoms with Gasteiger partial charge in [0, 0.05) is 13.1 Å². The van der Waals surface area contributed by atoms with Crippen LogP contribution < -0.4 is 5.32 Å². The highest BCUT2D eigenvalue weighted by molar-refractivity contribution is 5.74. The van der Waals surface area contributed by atoms with Gasteiger partial charge in [0.1, 0.15) is 0 Å². The summed E-state index contributed by atoms with van der Waals surface area (Å²) in [6.45, 7) is 0.465. The number of aliphatic hydroxyl groups excluding tert-OH is 1. The van der Waals surface area contributed by atoms with Crippen LogP contribution in [-0.2, 0) is 0 Å². The first-order valence-corrected chi connectivity index (χ1v) is 5.57. The Labute approximate surface area is 103 Å². The number of nitrogens with one attached hydrogen (secondary N) is 1. The predicted molar refractivity (Wildman–Crippen MR) is 58.6 cm³/mol. The largest absolute Gasteiger partial charge is 0.414 e. The maximum Gasteiger partial charge on any atom is 0.414 e. The number of nitrogens with zero attached hydrogens (tertiary/aromatic N) is 1. The van der Waals surface area contributed by atoms with Crippen LogP contribution in [0.3, 0.4) is 0 Å². The van der Waals surface area contributed by atoms with E-state index in [1.165, 1.54) is 4.90 Å². The Bertz CT molecular complexity index is 330. The van der Waals surface area contributed by atoms with Gasteiger partial charge >= 0.3 is 12.2 Å². The monoisotopic (exact) mass is 264 g/mol. The number of hydrogen-bond acceptors (Lipinski definition) is 2. The second-order valence-electron chi connectivity index (χ2n) is 4.17. The second kappa shape index (κ2) is 5.96. The van der Waals surface area contributed by atoms with Crippen molar-refractivity contribution in [3.05, 3.63) is 0 Å². The Morgan fingerprint density at radius 1 is 1.50 bits per heavy atom. The van der Waals surface area contributed by atoms with Crippen molar-refractivity contribution in [2.45, 2.75) is 25.1 Å². The Hall–Kier alpha value is -1.42. The third-order valence-corrected chi connectivity index (χ3v) is 2.95. The van der Waals surface area contributed by atoms with Crippen molar-refractivity contribution in [1.82, 2.24) is 10.2 Å². The number of piperidine rings is 1. The molecule has 0 aromatic carbocycles. The van der Waals surface area contributed by atoms with Gasteiger partial charge < -0.3 is 15.3 Å². The standard InChI is InChI=1S/C11H15F3N2O2/c1-2-5-15-10(18)16-6-3-8(4-7-16)9(17)11(12,13)14/h1,8-9,17H,3-7H2,(H,15,18). The molecule has 0 aliphatic carbocycles. The molecule has 0 saturated carbocycles. The SMILES string of the molecule is C#CCNC(=O)N1CCC(C(O)C(F)(F)F)CC1. The first-order chi connectivity index (χ1) is 8.36. The highest BCUT2D eigenvalue weighted by Crippen LogP contribution is 2.31. The first kappa shape index (κ1) is 14.6. The van der Waals surface area contributed by atoms with Gasteiger partial charge in [-0.2, -0.15) is 13.2 Å². The molecule has 0 aromatic heterocycles. The lowest BCUT2D eigenvalue weighted by molar-refractivity contribution is -0.222. The zero-order valence-corrected chi connectivity index (χ0v) is 9.70. The second-order valence-corrected chi connectivity index (χ2v) is 4.17. The Morgan fingerprint density at radius 3 is 2.50 bits per heavy atom. The minimum atomic E-state index is -4.60. The van der Waals surface area contributed by atoms with Crippen LogP contribution >= 0.6 is 0 Å². The number of terminal acetylenes is 1. The van der Waals surface area contributed by atoms with Crippen molar-refractivity contribution in [3.63, 3.8) is 0 Å². The fourth-order valence-electron chi connectivity index (χ4n) is 1.92. The molecule has 1 unspecified atom stereocenters. The normalized spacial score (nSPS) is 19.2. The molecule has 0 spiro atoms. The molecule has 1 aliphatic heterocycles. The van der Waals surface area contributed by atoms with Gasteiger partial charge in [-0.3, -0.25) is 0 Å². The average molecular weight is 264 g/mol. The maximum absolute atomic E-state index is 12.3. The third-order valence-electron chi connectivity index (χ3n) is 2.95. The summed E-state index contributed by atoms with van der Waals surface area (Å²) in [6.07, 6.45) is -1.68. The topological polar surface area (TPSA) is 52.6 Å². The Balaban J connectivity index is 2.42. The highest BCUT2D eigenvalue weighted by Gasteiger charge is 2.44. The molecule has 1 atom stereocenters. The minimum absolute atomic E-state index is 0.0872. The van der Waals surface area contributed by atoms with Crippen LogP contribution in [0.2, 0.25) is 0 Å². The van der Waals surface area contributed by atoms with E-state index in [4.69, 9.17) is 11.5 Å². The number of alkyl halides is 3. The number of likely N-dealkylation sites (tertiary alicyclic amines) is 1. The number of aliphatic hydroxyl groups is 1. The van der Waals surface area contributed by atoms with Crippen molar-refractivity contribution in [2.24, 2.45) is 5.92 Å². The number of amides is 2. The lowest BCUT2D eigenvalue weighted by Gasteiger charge is -2.34. The Morgan fingerprint density at radius 2 is 2.06 bits per heavy atom. The van der Waals surface area contributed by atoms with E-state index in [1.54, 1.807) is 0 Å². The molecule has 2 N–H and O–H groups in total. The van der Waals surface area contributed by atoms with E-state index in [9.17, 15) is 18.0 Å². The predicted octanol–water partition coefficient (Wildman–Crippen LogP) is 0.964. The van der Waals surface area contributed by atoms with Gasteiger partial charge in [-0.25, -0.2) is 4.79 Å². The maximum atomic E-state index is 12.3. The summed E-state index contributed by atoms with van der Waals surface area (Å²) in [5, 5.41) is 11.5. The zero-order chi connectivity index (χ0) is 13.8. The van der Waals surface area contributed by atoms with Gasteiger partial charge in [0.25, 0.3) is 0 Å². The highest BCUT2D eigenvalue weighted by atomic mass is 19.4. The number of hydrogen-bond donors (Lipinski definition) is 2. The van der Waals surface area contributed by atoms with Gasteiger partial charge in [0.05, 0.1) is 6.54 Å². The summed E-state index contributed by atoms with van der Waals surface area (Å²) < 4.78 is 36.9. The summed E-state index contributed by atoms with van der Waals surface area (Å²) >= 11 is 0. The lowest BCUT2D eigenvalue weighted by Crippen LogP contribution is -2.48. The molecule has 4 nitrogen and oxygen atoms in total. The van der Waals surface area contributed by atoms with Crippen molar-refractivity contribution in [3.8, 4) is 12.3 Å². The number of urea groups is 1. The quantitative estimate of drug-likeness (QED) is 0.730. The van der Waals surface area contributed by atoms with Gasteiger partial charge in [0.15, 0.2) is 6.10 Å². The van der Waals surface area contributed by atoms with Crippen molar-refractivity contribution < 1.29 is 23.1 Å². The molecule has 0 radical (unpaired) electrons. The van der Waals surface area contributed by atoms with Crippen LogP contribution in [0.4, 0.5) is 18.0 Å². The fraction of sp³-hybridized carbons (Fsp3) is 0.727. The number of rotatable bonds is 2. The van der Waals surface area contributed by atoms with E-state index >= 15 is 0 Å². The van der Waals surface area contributed by atoms with Crippen LogP contribution in [0, 0.1) is 18.3 Å². The Kier molecular flexibility index (Phi) is 4.84. The van der Waals surface area contributed by atoms with E-state index in [-0.39, 0.29) is 38.5 Å². The molecule has 18 heavy (non-hydrogen) atoms. The fourth-order valence-corrected chi connectivity index (χ4v) is 1.92. The lowest BCUT2D eigenvalue weighted by atomic mass is 9.91. The molecule has 0 aromatic rings. The smallest absolute Gasteiger partial charge is 0.383 e. The number of halogens is 3. The summed E-state index contributed by atoms with van der Waals surface area (Å²) in [6, 6.07) is -0.382. The van der Waals surface area contributed by atoms with E-state index in [1.807, 2.05) is 0 Å². The molecular formula is C11H15F3N2O2. The van der Waals surface area contributed by atoms with E-state index in [0.29, 0.717) is 0 Å². The summed E-state index contributed by atoms with van der Waals surface area (Å²) in [5.41, 5.74) is 0. The number of carbonyl (C=O) groups is 1. The molecular weight excluding hydrogens is 249 g/mol. The molecule has 1 aliphatic rings. The van der Waals surface area contributed by atoms with Crippen molar-refractivity contribution >= 4 is 6.03 Å². The van der Waals surface area contributed by atoms with Crippen LogP contribution in [0.1, 0.15) is 12.8 Å². The van der Waals surface area contributed by atoms with E-state index < -0.39 is 18.2 Å². The van der Waals surface area contributed by atoms with Gasteiger partial charge in [-0.1, -0.05) is 5.92 Å². The van der Waals surface area contributed by atoms with Crippen molar-refractivity contribution in [2.75, 3.05) is 19.6 Å². The molecule has 1 fully saturated rings. The molecule has 1 saturated heterocycles. The van der Waals surface area contributed by atoms with Crippen LogP contribution in [0.5, 0.6) is 0 Å². The van der Waals surface area contributed by atoms with Crippen LogP contribution in [-0.4, -0.2) is 48.0 Å². The summed E-state index contributed by atoms with van der Waals surface area (Å²) in [5.74, 6) is 1.39. The third kappa shape index (κ3) is 3.81. The summed E-state index contributed by atoms with van der Waals surface area (Å²) in [4.78, 5) is 12.9. The van der Waals surface area contributed by atoms with Gasteiger partial charge in [-0.05, 0) is 18.8 Å². The van der Waals surface area contributed by atoms with Gasteiger partial charge in [0.2, 0.25) is 0 Å². The molecule has 1 heterocycles. The van der Waals surface area contributed by atoms with E-state index in [0.717, 1.165) is 0 Å². The first-order valence-electron chi connectivity index (χ1n) is 5.57. The molecule has 7 heteroatoms. The van der Waals surface area contributed by atoms with Crippen molar-refractivity contribution in [1.29, 1.82) is 0 Å². The minimum Gasteiger partial charge on any atom is -0.383 e. The molecule has 102 valence electrons. The van der Waals surface area contributed by atoms with E-state index in [2.05, 4.69) is 11.2 Å². The zero-order valence-electron chi connectivity index (χ0n) is 9.70. The number of carbonyl (C=O) groups excluding carboxylic acids is 1.